The highest BCUT2D eigenvalue weighted by molar-refractivity contribution is 7.91. The van der Waals surface area contributed by atoms with E-state index in [0.717, 1.165) is 12.5 Å². The molecular weight excluding hydrogens is 612 g/mol. The molecule has 0 bridgehead atoms. The number of oxazole rings is 1. The van der Waals surface area contributed by atoms with Gasteiger partial charge in [-0.05, 0) is 61.6 Å². The molecule has 1 atom stereocenters. The van der Waals surface area contributed by atoms with Gasteiger partial charge in [-0.15, -0.1) is 0 Å². The minimum atomic E-state index is -4.67. The summed E-state index contributed by atoms with van der Waals surface area (Å²) in [6, 6.07) is 0. The third kappa shape index (κ3) is 6.06. The lowest BCUT2D eigenvalue weighted by molar-refractivity contribution is -0.141. The molecule has 0 aromatic carbocycles. The fourth-order valence-corrected chi connectivity index (χ4v) is 6.85. The van der Waals surface area contributed by atoms with Gasteiger partial charge in [0.2, 0.25) is 0 Å². The van der Waals surface area contributed by atoms with E-state index in [1.165, 1.54) is 17.6 Å². The first-order chi connectivity index (χ1) is 20.1. The Labute approximate surface area is 250 Å². The summed E-state index contributed by atoms with van der Waals surface area (Å²) < 4.78 is 88.2. The molecule has 1 unspecified atom stereocenters. The van der Waals surface area contributed by atoms with Crippen LogP contribution in [-0.2, 0) is 16.0 Å². The zero-order valence-corrected chi connectivity index (χ0v) is 24.9. The number of aryl methyl sites for hydroxylation is 2. The van der Waals surface area contributed by atoms with E-state index in [-0.39, 0.29) is 53.2 Å². The topological polar surface area (TPSA) is 110 Å². The van der Waals surface area contributed by atoms with Gasteiger partial charge in [0.25, 0.3) is 0 Å². The summed E-state index contributed by atoms with van der Waals surface area (Å²) in [5.74, 6) is -0.211. The van der Waals surface area contributed by atoms with Crippen LogP contribution in [0.25, 0.3) is 16.8 Å². The number of sulfone groups is 1. The van der Waals surface area contributed by atoms with Crippen molar-refractivity contribution >= 4 is 38.3 Å². The number of alkyl halides is 3. The van der Waals surface area contributed by atoms with E-state index in [0.29, 0.717) is 33.7 Å². The van der Waals surface area contributed by atoms with Gasteiger partial charge in [-0.25, -0.2) is 22.8 Å². The van der Waals surface area contributed by atoms with E-state index in [1.54, 1.807) is 25.2 Å². The predicted octanol–water partition coefficient (Wildman–Crippen LogP) is 6.13. The Hall–Kier alpha value is -3.68. The molecule has 228 valence electrons. The van der Waals surface area contributed by atoms with Crippen LogP contribution in [0.15, 0.2) is 74.9 Å². The molecular formula is C29H27ClF4N4O4S. The van der Waals surface area contributed by atoms with Gasteiger partial charge in [-0.2, -0.15) is 13.2 Å². The number of nitrogens with one attached hydrogen (secondary N) is 1. The van der Waals surface area contributed by atoms with E-state index in [2.05, 4.69) is 21.9 Å². The number of hydrogen-bond donors (Lipinski definition) is 2. The first-order valence-corrected chi connectivity index (χ1v) is 15.4. The fraction of sp³-hybridized carbons (Fsp3) is 0.310. The highest BCUT2D eigenvalue weighted by atomic mass is 35.5. The van der Waals surface area contributed by atoms with Crippen molar-refractivity contribution < 1.29 is 35.5 Å². The van der Waals surface area contributed by atoms with Gasteiger partial charge in [0.15, 0.2) is 27.2 Å². The van der Waals surface area contributed by atoms with Crippen molar-refractivity contribution in [2.45, 2.75) is 44.5 Å². The number of dihydropyridines is 1. The maximum Gasteiger partial charge on any atom is 0.434 e. The van der Waals surface area contributed by atoms with Gasteiger partial charge < -0.3 is 19.4 Å². The highest BCUT2D eigenvalue weighted by Crippen LogP contribution is 2.43. The monoisotopic (exact) mass is 638 g/mol. The van der Waals surface area contributed by atoms with E-state index >= 15 is 4.39 Å². The molecule has 5 rings (SSSR count). The van der Waals surface area contributed by atoms with Gasteiger partial charge in [-0.1, -0.05) is 18.2 Å². The minimum Gasteiger partial charge on any atom is -0.440 e. The number of allylic oxidation sites excluding steroid dienone is 10. The van der Waals surface area contributed by atoms with Crippen molar-refractivity contribution in [2.75, 3.05) is 12.9 Å². The molecule has 0 saturated heterocycles. The lowest BCUT2D eigenvalue weighted by atomic mass is 9.84. The van der Waals surface area contributed by atoms with Crippen LogP contribution in [-0.4, -0.2) is 46.2 Å². The number of rotatable bonds is 6. The molecule has 0 spiro atoms. The molecule has 14 heteroatoms. The third-order valence-corrected chi connectivity index (χ3v) is 9.06. The molecule has 43 heavy (non-hydrogen) atoms. The quantitative estimate of drug-likeness (QED) is 0.289. The van der Waals surface area contributed by atoms with Crippen LogP contribution in [0.2, 0.25) is 0 Å². The number of aromatic nitrogens is 3. The summed E-state index contributed by atoms with van der Waals surface area (Å²) in [5, 5.41) is 11.5. The van der Waals surface area contributed by atoms with Crippen LogP contribution in [0.5, 0.6) is 0 Å². The zero-order chi connectivity index (χ0) is 31.4. The maximum atomic E-state index is 15.1. The largest absolute Gasteiger partial charge is 0.440 e. The van der Waals surface area contributed by atoms with Crippen molar-refractivity contribution in [3.8, 4) is 0 Å². The summed E-state index contributed by atoms with van der Waals surface area (Å²) in [7, 11) is -3.78. The number of nitrogens with zero attached hydrogens (tertiary/aromatic N) is 3. The Balaban J connectivity index is 1.74. The maximum absolute atomic E-state index is 15.1. The Morgan fingerprint density at radius 2 is 1.88 bits per heavy atom. The molecule has 2 aromatic rings. The normalized spacial score (nSPS) is 20.1. The van der Waals surface area contributed by atoms with Crippen LogP contribution < -0.4 is 5.32 Å². The van der Waals surface area contributed by atoms with Gasteiger partial charge in [0.05, 0.1) is 11.9 Å². The van der Waals surface area contributed by atoms with Crippen LogP contribution in [0.1, 0.15) is 48.1 Å². The average Bonchev–Trinajstić information content (AvgIpc) is 3.49. The molecule has 0 radical (unpaired) electrons. The number of aliphatic hydroxyl groups excluding tert-OH is 1. The smallest absolute Gasteiger partial charge is 0.434 e. The van der Waals surface area contributed by atoms with Crippen molar-refractivity contribution in [2.24, 2.45) is 0 Å². The molecule has 3 heterocycles. The summed E-state index contributed by atoms with van der Waals surface area (Å²) in [6.07, 6.45) is 3.69. The molecule has 2 aromatic heterocycles. The van der Waals surface area contributed by atoms with E-state index in [9.17, 15) is 26.7 Å². The van der Waals surface area contributed by atoms with Gasteiger partial charge >= 0.3 is 6.18 Å². The van der Waals surface area contributed by atoms with E-state index in [4.69, 9.17) is 16.0 Å². The molecule has 2 aliphatic carbocycles. The second kappa shape index (κ2) is 11.1. The second-order valence-corrected chi connectivity index (χ2v) is 13.1. The van der Waals surface area contributed by atoms with Crippen molar-refractivity contribution in [3.63, 3.8) is 0 Å². The Morgan fingerprint density at radius 1 is 1.16 bits per heavy atom. The molecule has 0 amide bonds. The predicted molar refractivity (Wildman–Crippen MR) is 154 cm³/mol. The van der Waals surface area contributed by atoms with Crippen molar-refractivity contribution in [1.29, 1.82) is 0 Å². The summed E-state index contributed by atoms with van der Waals surface area (Å²) >= 11 is 6.23. The first-order valence-electron chi connectivity index (χ1n) is 13.1. The lowest BCUT2D eigenvalue weighted by Crippen LogP contribution is -2.28. The van der Waals surface area contributed by atoms with E-state index < -0.39 is 39.4 Å². The molecule has 2 N–H and O–H groups in total. The fourth-order valence-electron chi connectivity index (χ4n) is 5.43. The SMILES string of the molecule is C=C1C=C(c2oc(C)nc2C2=C(n3cc(C(F)(F)F)nc3C)CCC(C3=CC(F)=C(CO)C(S(C)(=O)=O)C3)=C2)C=C(Cl)N1. The van der Waals surface area contributed by atoms with Crippen LogP contribution in [0.4, 0.5) is 17.6 Å². The molecule has 1 aliphatic heterocycles. The zero-order valence-electron chi connectivity index (χ0n) is 23.3. The molecule has 0 saturated carbocycles. The second-order valence-electron chi connectivity index (χ2n) is 10.4. The van der Waals surface area contributed by atoms with E-state index in [1.807, 2.05) is 0 Å². The van der Waals surface area contributed by atoms with Crippen LogP contribution in [0, 0.1) is 13.8 Å². The Bertz CT molecular complexity index is 1840. The summed E-state index contributed by atoms with van der Waals surface area (Å²) in [4.78, 5) is 8.29. The highest BCUT2D eigenvalue weighted by Gasteiger charge is 2.37. The van der Waals surface area contributed by atoms with Gasteiger partial charge in [-0.3, -0.25) is 0 Å². The first kappa shape index (κ1) is 30.8. The van der Waals surface area contributed by atoms with Crippen molar-refractivity contribution in [3.05, 3.63) is 99.3 Å². The lowest BCUT2D eigenvalue weighted by Gasteiger charge is -2.28. The number of imidazole rings is 1. The van der Waals surface area contributed by atoms with Crippen LogP contribution in [0.3, 0.4) is 0 Å². The molecule has 3 aliphatic rings. The molecule has 8 nitrogen and oxygen atoms in total. The van der Waals surface area contributed by atoms with Crippen LogP contribution >= 0.6 is 11.6 Å². The summed E-state index contributed by atoms with van der Waals surface area (Å²) in [6.45, 7) is 6.19. The standard InChI is InChI=1S/C29H27ClF4N4O4S/c1-14-7-19(11-26(30)35-14)28-27(37-16(3)42-28)20-8-17(18-9-22(31)21(13-39)24(10-18)43(4,40)41)5-6-23(20)38-12-25(29(32,33)34)36-15(38)2/h7-9,11-12,24,35,39H,1,5-6,10,13H2,2-4H3. The number of halogens is 5. The van der Waals surface area contributed by atoms with Crippen molar-refractivity contribution in [1.82, 2.24) is 19.9 Å². The Morgan fingerprint density at radius 3 is 2.49 bits per heavy atom. The number of hydrogen-bond acceptors (Lipinski definition) is 7. The van der Waals surface area contributed by atoms with Gasteiger partial charge in [0.1, 0.15) is 22.5 Å². The average molecular weight is 639 g/mol. The third-order valence-electron chi connectivity index (χ3n) is 7.37. The Kier molecular flexibility index (Phi) is 7.95. The summed E-state index contributed by atoms with van der Waals surface area (Å²) in [5.41, 5.74) is 1.75. The van der Waals surface area contributed by atoms with Gasteiger partial charge in [0, 0.05) is 47.5 Å². The molecule has 0 fully saturated rings. The minimum absolute atomic E-state index is 0.0847. The number of aliphatic hydroxyl groups is 1.